The van der Waals surface area contributed by atoms with Crippen LogP contribution in [-0.4, -0.2) is 32.8 Å². The van der Waals surface area contributed by atoms with Crippen molar-refractivity contribution < 1.29 is 18.7 Å². The second-order valence-corrected chi connectivity index (χ2v) is 5.09. The van der Waals surface area contributed by atoms with Crippen LogP contribution >= 0.6 is 0 Å². The predicted octanol–water partition coefficient (Wildman–Crippen LogP) is 2.76. The molecule has 0 fully saturated rings. The number of methoxy groups -OCH3 is 1. The van der Waals surface area contributed by atoms with E-state index >= 15 is 0 Å². The molecule has 0 aliphatic rings. The van der Waals surface area contributed by atoms with Crippen LogP contribution in [0, 0.1) is 5.82 Å². The zero-order chi connectivity index (χ0) is 17.2. The topological polar surface area (TPSA) is 59.6 Å². The molecule has 2 N–H and O–H groups in total. The molecule has 6 heteroatoms. The minimum atomic E-state index is -0.309. The van der Waals surface area contributed by atoms with Gasteiger partial charge in [-0.25, -0.2) is 9.18 Å². The van der Waals surface area contributed by atoms with Gasteiger partial charge in [0.1, 0.15) is 23.9 Å². The molecule has 0 aromatic heterocycles. The Morgan fingerprint density at radius 1 is 1.04 bits per heavy atom. The van der Waals surface area contributed by atoms with Gasteiger partial charge in [-0.05, 0) is 48.4 Å². The molecule has 0 radical (unpaired) electrons. The highest BCUT2D eigenvalue weighted by Gasteiger charge is 2.01. The van der Waals surface area contributed by atoms with Crippen molar-refractivity contribution in [2.45, 2.75) is 6.42 Å². The SMILES string of the molecule is COc1cccc(CCNC(=O)NCCOc2ccc(F)cc2)c1. The van der Waals surface area contributed by atoms with E-state index in [1.54, 1.807) is 19.2 Å². The summed E-state index contributed by atoms with van der Waals surface area (Å²) in [5, 5.41) is 5.48. The molecule has 5 nitrogen and oxygen atoms in total. The molecular weight excluding hydrogens is 311 g/mol. The molecule has 0 bridgehead atoms. The van der Waals surface area contributed by atoms with Crippen LogP contribution in [0.1, 0.15) is 5.56 Å². The summed E-state index contributed by atoms with van der Waals surface area (Å²) in [6, 6.07) is 13.2. The van der Waals surface area contributed by atoms with Crippen molar-refractivity contribution in [2.75, 3.05) is 26.8 Å². The lowest BCUT2D eigenvalue weighted by Gasteiger charge is -2.09. The van der Waals surface area contributed by atoms with Gasteiger partial charge >= 0.3 is 6.03 Å². The molecule has 0 unspecified atom stereocenters. The number of nitrogens with one attached hydrogen (secondary N) is 2. The Bertz CT molecular complexity index is 647. The lowest BCUT2D eigenvalue weighted by Crippen LogP contribution is -2.38. The zero-order valence-electron chi connectivity index (χ0n) is 13.5. The van der Waals surface area contributed by atoms with Crippen LogP contribution in [0.15, 0.2) is 48.5 Å². The van der Waals surface area contributed by atoms with Crippen LogP contribution in [0.25, 0.3) is 0 Å². The van der Waals surface area contributed by atoms with Gasteiger partial charge in [0, 0.05) is 6.54 Å². The number of halogens is 1. The number of hydrogen-bond acceptors (Lipinski definition) is 3. The standard InChI is InChI=1S/C18H21FN2O3/c1-23-17-4-2-3-14(13-17)9-10-20-18(22)21-11-12-24-16-7-5-15(19)6-8-16/h2-8,13H,9-12H2,1H3,(H2,20,21,22). The molecule has 2 amide bonds. The highest BCUT2D eigenvalue weighted by molar-refractivity contribution is 5.73. The summed E-state index contributed by atoms with van der Waals surface area (Å²) in [5.41, 5.74) is 1.09. The van der Waals surface area contributed by atoms with Crippen LogP contribution in [0.5, 0.6) is 11.5 Å². The van der Waals surface area contributed by atoms with Gasteiger partial charge in [-0.15, -0.1) is 0 Å². The summed E-state index contributed by atoms with van der Waals surface area (Å²) in [6.07, 6.45) is 0.719. The maximum Gasteiger partial charge on any atom is 0.314 e. The van der Waals surface area contributed by atoms with E-state index in [-0.39, 0.29) is 11.8 Å². The monoisotopic (exact) mass is 332 g/mol. The Labute approximate surface area is 140 Å². The summed E-state index contributed by atoms with van der Waals surface area (Å²) in [4.78, 5) is 11.7. The van der Waals surface area contributed by atoms with Gasteiger partial charge in [0.2, 0.25) is 0 Å². The van der Waals surface area contributed by atoms with E-state index in [1.165, 1.54) is 12.1 Å². The quantitative estimate of drug-likeness (QED) is 0.731. The summed E-state index contributed by atoms with van der Waals surface area (Å²) < 4.78 is 23.3. The molecule has 0 aliphatic carbocycles. The highest BCUT2D eigenvalue weighted by Crippen LogP contribution is 2.12. The first-order valence-electron chi connectivity index (χ1n) is 7.70. The molecule has 2 aromatic rings. The molecule has 0 saturated heterocycles. The first kappa shape index (κ1) is 17.6. The van der Waals surface area contributed by atoms with Crippen molar-refractivity contribution in [1.82, 2.24) is 10.6 Å². The second kappa shape index (κ2) is 9.39. The minimum Gasteiger partial charge on any atom is -0.497 e. The number of amides is 2. The molecule has 2 aromatic carbocycles. The first-order valence-corrected chi connectivity index (χ1v) is 7.70. The third kappa shape index (κ3) is 6.16. The molecule has 2 rings (SSSR count). The van der Waals surface area contributed by atoms with Crippen molar-refractivity contribution in [3.63, 3.8) is 0 Å². The lowest BCUT2D eigenvalue weighted by atomic mass is 10.1. The van der Waals surface area contributed by atoms with Crippen molar-refractivity contribution in [3.05, 3.63) is 59.9 Å². The number of hydrogen-bond donors (Lipinski definition) is 2. The van der Waals surface area contributed by atoms with Gasteiger partial charge in [0.15, 0.2) is 0 Å². The maximum atomic E-state index is 12.7. The molecular formula is C18H21FN2O3. The average molecular weight is 332 g/mol. The van der Waals surface area contributed by atoms with E-state index in [9.17, 15) is 9.18 Å². The summed E-state index contributed by atoms with van der Waals surface area (Å²) in [7, 11) is 1.62. The van der Waals surface area contributed by atoms with Gasteiger partial charge in [-0.3, -0.25) is 0 Å². The largest absolute Gasteiger partial charge is 0.497 e. The molecule has 0 saturated carbocycles. The molecule has 0 aliphatic heterocycles. The smallest absolute Gasteiger partial charge is 0.314 e. The summed E-state index contributed by atoms with van der Waals surface area (Å²) in [5.74, 6) is 1.06. The van der Waals surface area contributed by atoms with Gasteiger partial charge < -0.3 is 20.1 Å². The predicted molar refractivity (Wildman–Crippen MR) is 90.0 cm³/mol. The number of carbonyl (C=O) groups is 1. The normalized spacial score (nSPS) is 10.1. The number of urea groups is 1. The number of carbonyl (C=O) groups excluding carboxylic acids is 1. The van der Waals surface area contributed by atoms with E-state index in [1.807, 2.05) is 24.3 Å². The molecule has 0 spiro atoms. The molecule has 0 heterocycles. The first-order chi connectivity index (χ1) is 11.7. The van der Waals surface area contributed by atoms with Crippen molar-refractivity contribution >= 4 is 6.03 Å². The van der Waals surface area contributed by atoms with Crippen molar-refractivity contribution in [1.29, 1.82) is 0 Å². The number of benzene rings is 2. The number of ether oxygens (including phenoxy) is 2. The third-order valence-corrected chi connectivity index (χ3v) is 3.30. The van der Waals surface area contributed by atoms with E-state index in [0.717, 1.165) is 17.7 Å². The average Bonchev–Trinajstić information content (AvgIpc) is 2.60. The fourth-order valence-electron chi connectivity index (χ4n) is 2.08. The van der Waals surface area contributed by atoms with Crippen LogP contribution in [0.3, 0.4) is 0 Å². The Kier molecular flexibility index (Phi) is 6.89. The highest BCUT2D eigenvalue weighted by atomic mass is 19.1. The molecule has 0 atom stereocenters. The van der Waals surface area contributed by atoms with Crippen LogP contribution < -0.4 is 20.1 Å². The molecule has 128 valence electrons. The van der Waals surface area contributed by atoms with Crippen LogP contribution in [0.4, 0.5) is 9.18 Å². The fourth-order valence-corrected chi connectivity index (χ4v) is 2.08. The Hall–Kier alpha value is -2.76. The van der Waals surface area contributed by atoms with Gasteiger partial charge in [0.05, 0.1) is 13.7 Å². The fraction of sp³-hybridized carbons (Fsp3) is 0.278. The van der Waals surface area contributed by atoms with E-state index < -0.39 is 0 Å². The van der Waals surface area contributed by atoms with Gasteiger partial charge in [0.25, 0.3) is 0 Å². The lowest BCUT2D eigenvalue weighted by molar-refractivity contribution is 0.236. The summed E-state index contributed by atoms with van der Waals surface area (Å²) >= 11 is 0. The molecule has 24 heavy (non-hydrogen) atoms. The minimum absolute atomic E-state index is 0.249. The van der Waals surface area contributed by atoms with E-state index in [2.05, 4.69) is 10.6 Å². The second-order valence-electron chi connectivity index (χ2n) is 5.09. The Morgan fingerprint density at radius 3 is 2.54 bits per heavy atom. The number of rotatable bonds is 8. The van der Waals surface area contributed by atoms with Crippen molar-refractivity contribution in [2.24, 2.45) is 0 Å². The summed E-state index contributed by atoms with van der Waals surface area (Å²) in [6.45, 7) is 1.20. The van der Waals surface area contributed by atoms with Crippen LogP contribution in [-0.2, 0) is 6.42 Å². The Balaban J connectivity index is 1.58. The Morgan fingerprint density at radius 2 is 1.79 bits per heavy atom. The van der Waals surface area contributed by atoms with E-state index in [0.29, 0.717) is 25.4 Å². The zero-order valence-corrected chi connectivity index (χ0v) is 13.5. The van der Waals surface area contributed by atoms with Crippen LogP contribution in [0.2, 0.25) is 0 Å². The third-order valence-electron chi connectivity index (χ3n) is 3.30. The van der Waals surface area contributed by atoms with Gasteiger partial charge in [-0.1, -0.05) is 12.1 Å². The van der Waals surface area contributed by atoms with Crippen molar-refractivity contribution in [3.8, 4) is 11.5 Å². The maximum absolute atomic E-state index is 12.7. The van der Waals surface area contributed by atoms with Gasteiger partial charge in [-0.2, -0.15) is 0 Å². The van der Waals surface area contributed by atoms with E-state index in [4.69, 9.17) is 9.47 Å².